The van der Waals surface area contributed by atoms with Crippen LogP contribution in [0, 0.1) is 0 Å². The number of hydrogen-bond acceptors (Lipinski definition) is 6. The van der Waals surface area contributed by atoms with Gasteiger partial charge in [-0.1, -0.05) is 0 Å². The Hall–Kier alpha value is -2.35. The van der Waals surface area contributed by atoms with Crippen molar-refractivity contribution in [1.82, 2.24) is 9.69 Å². The molecule has 1 atom stereocenters. The molecule has 0 radical (unpaired) electrons. The third-order valence-corrected chi connectivity index (χ3v) is 4.32. The average molecular weight is 321 g/mol. The minimum Gasteiger partial charge on any atom is -0.496 e. The number of ether oxygens (including phenoxy) is 2. The summed E-state index contributed by atoms with van der Waals surface area (Å²) in [7, 11) is 1.47. The number of aromatic nitrogens is 1. The van der Waals surface area contributed by atoms with Crippen LogP contribution in [0.25, 0.3) is 10.1 Å². The van der Waals surface area contributed by atoms with E-state index in [1.165, 1.54) is 18.6 Å². The number of hydrogen-bond donors (Lipinski definition) is 2. The van der Waals surface area contributed by atoms with Gasteiger partial charge in [0, 0.05) is 6.42 Å². The van der Waals surface area contributed by atoms with Crippen molar-refractivity contribution in [2.45, 2.75) is 18.9 Å². The van der Waals surface area contributed by atoms with Gasteiger partial charge in [-0.05, 0) is 30.1 Å². The third-order valence-electron chi connectivity index (χ3n) is 3.53. The summed E-state index contributed by atoms with van der Waals surface area (Å²) in [6.45, 7) is 0.366. The molecule has 1 unspecified atom stereocenters. The Bertz CT molecular complexity index is 743. The molecule has 1 aliphatic heterocycles. The number of benzene rings is 1. The van der Waals surface area contributed by atoms with Gasteiger partial charge >= 0.3 is 0 Å². The molecule has 1 aromatic heterocycles. The molecule has 116 valence electrons. The molecule has 22 heavy (non-hydrogen) atoms. The van der Waals surface area contributed by atoms with Crippen molar-refractivity contribution in [2.75, 3.05) is 13.7 Å². The summed E-state index contributed by atoms with van der Waals surface area (Å²) in [4.78, 5) is 22.6. The van der Waals surface area contributed by atoms with Crippen molar-refractivity contribution in [1.29, 1.82) is 0 Å². The van der Waals surface area contributed by atoms with Gasteiger partial charge in [-0.3, -0.25) is 9.59 Å². The molecule has 1 aliphatic rings. The average Bonchev–Trinajstić information content (AvgIpc) is 3.09. The molecule has 0 aliphatic carbocycles. The smallest absolute Gasteiger partial charge is 0.252 e. The lowest BCUT2D eigenvalue weighted by molar-refractivity contribution is -0.119. The fraction of sp³-hybridized carbons (Fsp3) is 0.357. The molecule has 3 N–H and O–H groups in total. The Morgan fingerprint density at radius 2 is 2.36 bits per heavy atom. The molecular weight excluding hydrogens is 306 g/mol. The van der Waals surface area contributed by atoms with Crippen molar-refractivity contribution in [3.8, 4) is 11.6 Å². The zero-order valence-electron chi connectivity index (χ0n) is 11.9. The van der Waals surface area contributed by atoms with Crippen LogP contribution in [0.2, 0.25) is 0 Å². The number of amides is 2. The first kappa shape index (κ1) is 14.6. The van der Waals surface area contributed by atoms with Crippen LogP contribution in [-0.4, -0.2) is 35.9 Å². The number of rotatable bonds is 5. The highest BCUT2D eigenvalue weighted by molar-refractivity contribution is 7.13. The first-order chi connectivity index (χ1) is 10.6. The molecule has 0 spiro atoms. The van der Waals surface area contributed by atoms with E-state index in [1.54, 1.807) is 12.1 Å². The molecule has 2 amide bonds. The molecule has 2 aromatic rings. The zero-order valence-corrected chi connectivity index (χ0v) is 12.7. The number of fused-ring (bicyclic) bond motifs is 1. The van der Waals surface area contributed by atoms with Crippen LogP contribution in [0.1, 0.15) is 23.2 Å². The summed E-state index contributed by atoms with van der Waals surface area (Å²) in [5.41, 5.74) is 5.65. The number of nitrogens with one attached hydrogen (secondary N) is 1. The number of carbonyl (C=O) groups excluding carboxylic acids is 2. The number of primary amides is 1. The lowest BCUT2D eigenvalue weighted by Crippen LogP contribution is -2.30. The fourth-order valence-corrected chi connectivity index (χ4v) is 3.14. The highest BCUT2D eigenvalue weighted by Gasteiger charge is 2.22. The van der Waals surface area contributed by atoms with Crippen molar-refractivity contribution < 1.29 is 19.1 Å². The van der Waals surface area contributed by atoms with Crippen LogP contribution in [0.4, 0.5) is 0 Å². The molecule has 3 rings (SSSR count). The second-order valence-electron chi connectivity index (χ2n) is 5.01. The maximum Gasteiger partial charge on any atom is 0.252 e. The molecule has 0 bridgehead atoms. The van der Waals surface area contributed by atoms with Crippen molar-refractivity contribution in [3.05, 3.63) is 17.7 Å². The molecule has 1 aromatic carbocycles. The van der Waals surface area contributed by atoms with Gasteiger partial charge in [0.05, 0.1) is 28.8 Å². The summed E-state index contributed by atoms with van der Waals surface area (Å²) < 4.78 is 15.9. The first-order valence-electron chi connectivity index (χ1n) is 6.78. The third kappa shape index (κ3) is 2.69. The number of nitrogens with two attached hydrogens (primary N) is 1. The quantitative estimate of drug-likeness (QED) is 0.857. The second-order valence-corrected chi connectivity index (χ2v) is 5.82. The van der Waals surface area contributed by atoms with Crippen LogP contribution in [0.15, 0.2) is 12.1 Å². The van der Waals surface area contributed by atoms with E-state index in [4.69, 9.17) is 15.2 Å². The largest absolute Gasteiger partial charge is 0.496 e. The van der Waals surface area contributed by atoms with E-state index >= 15 is 0 Å². The minimum absolute atomic E-state index is 0.0102. The van der Waals surface area contributed by atoms with Crippen molar-refractivity contribution in [2.24, 2.45) is 5.73 Å². The maximum atomic E-state index is 11.4. The van der Waals surface area contributed by atoms with E-state index in [1.807, 2.05) is 0 Å². The van der Waals surface area contributed by atoms with E-state index in [9.17, 15) is 9.59 Å². The fourth-order valence-electron chi connectivity index (χ4n) is 2.39. The van der Waals surface area contributed by atoms with Crippen LogP contribution in [-0.2, 0) is 4.79 Å². The Morgan fingerprint density at radius 1 is 1.55 bits per heavy atom. The predicted octanol–water partition coefficient (Wildman–Crippen LogP) is 1.06. The monoisotopic (exact) mass is 321 g/mol. The van der Waals surface area contributed by atoms with Gasteiger partial charge in [0.2, 0.25) is 11.8 Å². The normalized spacial score (nSPS) is 17.5. The van der Waals surface area contributed by atoms with Gasteiger partial charge in [-0.25, -0.2) is 0 Å². The lowest BCUT2D eigenvalue weighted by Gasteiger charge is -2.10. The molecule has 1 fully saturated rings. The number of carbonyl (C=O) groups is 2. The highest BCUT2D eigenvalue weighted by Crippen LogP contribution is 2.34. The maximum absolute atomic E-state index is 11.4. The van der Waals surface area contributed by atoms with Gasteiger partial charge in [0.25, 0.3) is 5.91 Å². The molecule has 2 heterocycles. The zero-order chi connectivity index (χ0) is 15.7. The van der Waals surface area contributed by atoms with E-state index in [2.05, 4.69) is 9.69 Å². The Morgan fingerprint density at radius 3 is 3.00 bits per heavy atom. The minimum atomic E-state index is -0.553. The molecule has 7 nitrogen and oxygen atoms in total. The van der Waals surface area contributed by atoms with Gasteiger partial charge in [-0.2, -0.15) is 4.37 Å². The summed E-state index contributed by atoms with van der Waals surface area (Å²) >= 11 is 1.22. The van der Waals surface area contributed by atoms with E-state index in [0.717, 1.165) is 16.5 Å². The topological polar surface area (TPSA) is 104 Å². The highest BCUT2D eigenvalue weighted by atomic mass is 32.1. The summed E-state index contributed by atoms with van der Waals surface area (Å²) in [6.07, 6.45) is 1.29. The Labute approximate surface area is 130 Å². The standard InChI is InChI=1S/C14H15N3O4S/c1-20-10-4-9-11(5-8(10)13(15)19)22-17-14(9)21-6-7-2-3-12(18)16-7/h4-5,7H,2-3,6H2,1H3,(H2,15,19)(H,16,18). The van der Waals surface area contributed by atoms with Crippen LogP contribution in [0.3, 0.4) is 0 Å². The first-order valence-corrected chi connectivity index (χ1v) is 7.55. The number of methoxy groups -OCH3 is 1. The van der Waals surface area contributed by atoms with Gasteiger partial charge in [0.1, 0.15) is 12.4 Å². The molecule has 8 heteroatoms. The predicted molar refractivity (Wildman–Crippen MR) is 81.3 cm³/mol. The summed E-state index contributed by atoms with van der Waals surface area (Å²) in [5, 5.41) is 3.60. The van der Waals surface area contributed by atoms with Crippen molar-refractivity contribution >= 4 is 33.4 Å². The van der Waals surface area contributed by atoms with E-state index < -0.39 is 5.91 Å². The van der Waals surface area contributed by atoms with E-state index in [0.29, 0.717) is 30.2 Å². The lowest BCUT2D eigenvalue weighted by atomic mass is 10.1. The van der Waals surface area contributed by atoms with Gasteiger partial charge in [0.15, 0.2) is 0 Å². The Balaban J connectivity index is 1.84. The van der Waals surface area contributed by atoms with Crippen LogP contribution >= 0.6 is 11.5 Å². The van der Waals surface area contributed by atoms with Crippen molar-refractivity contribution in [3.63, 3.8) is 0 Å². The Kier molecular flexibility index (Phi) is 3.84. The van der Waals surface area contributed by atoms with Gasteiger partial charge in [-0.15, -0.1) is 0 Å². The number of nitrogens with zero attached hydrogens (tertiary/aromatic N) is 1. The molecular formula is C14H15N3O4S. The second kappa shape index (κ2) is 5.80. The SMILES string of the molecule is COc1cc2c(OCC3CCC(=O)N3)nsc2cc1C(N)=O. The molecule has 1 saturated heterocycles. The van der Waals surface area contributed by atoms with Gasteiger partial charge < -0.3 is 20.5 Å². The van der Waals surface area contributed by atoms with Crippen LogP contribution in [0.5, 0.6) is 11.6 Å². The van der Waals surface area contributed by atoms with Crippen LogP contribution < -0.4 is 20.5 Å². The summed E-state index contributed by atoms with van der Waals surface area (Å²) in [6, 6.07) is 3.36. The van der Waals surface area contributed by atoms with E-state index in [-0.39, 0.29) is 11.9 Å². The summed E-state index contributed by atoms with van der Waals surface area (Å²) in [5.74, 6) is 0.350. The molecule has 0 saturated carbocycles.